The molecule has 1 aliphatic heterocycles. The van der Waals surface area contributed by atoms with E-state index >= 15 is 0 Å². The van der Waals surface area contributed by atoms with Gasteiger partial charge in [-0.25, -0.2) is 9.97 Å². The summed E-state index contributed by atoms with van der Waals surface area (Å²) in [5, 5.41) is 1.03. The third-order valence-corrected chi connectivity index (χ3v) is 5.04. The molecular formula is C22H23N3O2. The fraction of sp³-hybridized carbons (Fsp3) is 0.318. The standard InChI is InChI=1S/C22H23N3O2/c1-2-21(26)25-12-9-20(10-13-25)27-19-7-5-16(6-8-19)18-14-17-4-3-11-23-22(17)24-15-18/h3-8,11,14-15,20H,2,9-10,12-13H2,1H3. The quantitative estimate of drug-likeness (QED) is 0.703. The number of piperidine rings is 1. The molecule has 1 amide bonds. The summed E-state index contributed by atoms with van der Waals surface area (Å²) in [5.41, 5.74) is 2.92. The van der Waals surface area contributed by atoms with E-state index in [-0.39, 0.29) is 12.0 Å². The van der Waals surface area contributed by atoms with E-state index in [0.29, 0.717) is 6.42 Å². The molecule has 0 bridgehead atoms. The molecule has 0 saturated carbocycles. The number of carbonyl (C=O) groups excluding carboxylic acids is 1. The van der Waals surface area contributed by atoms with Crippen molar-refractivity contribution in [1.29, 1.82) is 0 Å². The van der Waals surface area contributed by atoms with Crippen molar-refractivity contribution in [2.75, 3.05) is 13.1 Å². The van der Waals surface area contributed by atoms with Crippen LogP contribution >= 0.6 is 0 Å². The molecule has 3 aromatic rings. The lowest BCUT2D eigenvalue weighted by molar-refractivity contribution is -0.132. The van der Waals surface area contributed by atoms with Gasteiger partial charge < -0.3 is 9.64 Å². The van der Waals surface area contributed by atoms with Crippen LogP contribution in [-0.4, -0.2) is 40.0 Å². The minimum absolute atomic E-state index is 0.171. The topological polar surface area (TPSA) is 55.3 Å². The van der Waals surface area contributed by atoms with Gasteiger partial charge in [-0.3, -0.25) is 4.79 Å². The number of hydrogen-bond donors (Lipinski definition) is 0. The van der Waals surface area contributed by atoms with Crippen LogP contribution in [0.2, 0.25) is 0 Å². The van der Waals surface area contributed by atoms with Crippen molar-refractivity contribution < 1.29 is 9.53 Å². The maximum atomic E-state index is 11.8. The smallest absolute Gasteiger partial charge is 0.222 e. The molecule has 0 N–H and O–H groups in total. The lowest BCUT2D eigenvalue weighted by Crippen LogP contribution is -2.41. The highest BCUT2D eigenvalue weighted by Gasteiger charge is 2.22. The summed E-state index contributed by atoms with van der Waals surface area (Å²) in [6.07, 6.45) is 6.12. The summed E-state index contributed by atoms with van der Waals surface area (Å²) in [7, 11) is 0. The predicted molar refractivity (Wildman–Crippen MR) is 105 cm³/mol. The SMILES string of the molecule is CCC(=O)N1CCC(Oc2ccc(-c3cnc4ncccc4c3)cc2)CC1. The van der Waals surface area contributed by atoms with Crippen LogP contribution in [-0.2, 0) is 4.79 Å². The fourth-order valence-electron chi connectivity index (χ4n) is 3.49. The Kier molecular flexibility index (Phi) is 5.01. The molecule has 1 aliphatic rings. The van der Waals surface area contributed by atoms with Crippen LogP contribution in [0, 0.1) is 0 Å². The van der Waals surface area contributed by atoms with Gasteiger partial charge in [-0.1, -0.05) is 19.1 Å². The molecule has 1 aromatic carbocycles. The molecule has 3 heterocycles. The summed E-state index contributed by atoms with van der Waals surface area (Å²) in [6.45, 7) is 3.48. The molecule has 1 saturated heterocycles. The first-order chi connectivity index (χ1) is 13.2. The number of benzene rings is 1. The summed E-state index contributed by atoms with van der Waals surface area (Å²) < 4.78 is 6.11. The lowest BCUT2D eigenvalue weighted by atomic mass is 10.1. The number of carbonyl (C=O) groups is 1. The third kappa shape index (κ3) is 3.92. The molecular weight excluding hydrogens is 338 g/mol. The first-order valence-electron chi connectivity index (χ1n) is 9.48. The molecule has 0 aliphatic carbocycles. The molecule has 0 spiro atoms. The molecule has 0 atom stereocenters. The first-order valence-corrected chi connectivity index (χ1v) is 9.48. The zero-order chi connectivity index (χ0) is 18.6. The van der Waals surface area contributed by atoms with Crippen LogP contribution in [0.3, 0.4) is 0 Å². The average molecular weight is 361 g/mol. The summed E-state index contributed by atoms with van der Waals surface area (Å²) >= 11 is 0. The second-order valence-electron chi connectivity index (χ2n) is 6.85. The zero-order valence-corrected chi connectivity index (χ0v) is 15.5. The number of aromatic nitrogens is 2. The molecule has 5 heteroatoms. The minimum atomic E-state index is 0.171. The second-order valence-corrected chi connectivity index (χ2v) is 6.85. The number of ether oxygens (including phenoxy) is 1. The minimum Gasteiger partial charge on any atom is -0.490 e. The third-order valence-electron chi connectivity index (χ3n) is 5.04. The summed E-state index contributed by atoms with van der Waals surface area (Å²) in [6, 6.07) is 14.2. The average Bonchev–Trinajstić information content (AvgIpc) is 2.74. The van der Waals surface area contributed by atoms with Crippen LogP contribution in [0.1, 0.15) is 26.2 Å². The van der Waals surface area contributed by atoms with Crippen LogP contribution < -0.4 is 4.74 Å². The van der Waals surface area contributed by atoms with E-state index in [1.165, 1.54) is 0 Å². The van der Waals surface area contributed by atoms with E-state index in [9.17, 15) is 4.79 Å². The molecule has 5 nitrogen and oxygen atoms in total. The number of fused-ring (bicyclic) bond motifs is 1. The van der Waals surface area contributed by atoms with Crippen LogP contribution in [0.15, 0.2) is 54.9 Å². The molecule has 1 fully saturated rings. The zero-order valence-electron chi connectivity index (χ0n) is 15.5. The molecule has 138 valence electrons. The van der Waals surface area contributed by atoms with Crippen LogP contribution in [0.4, 0.5) is 0 Å². The predicted octanol–water partition coefficient (Wildman–Crippen LogP) is 4.08. The Balaban J connectivity index is 1.41. The van der Waals surface area contributed by atoms with Gasteiger partial charge in [0.05, 0.1) is 0 Å². The normalized spacial score (nSPS) is 15.1. The monoisotopic (exact) mass is 361 g/mol. The highest BCUT2D eigenvalue weighted by molar-refractivity contribution is 5.80. The highest BCUT2D eigenvalue weighted by Crippen LogP contribution is 2.26. The first kappa shape index (κ1) is 17.5. The largest absolute Gasteiger partial charge is 0.490 e. The van der Waals surface area contributed by atoms with E-state index in [4.69, 9.17) is 4.74 Å². The number of hydrogen-bond acceptors (Lipinski definition) is 4. The van der Waals surface area contributed by atoms with Gasteiger partial charge in [0.2, 0.25) is 5.91 Å². The number of pyridine rings is 2. The Morgan fingerprint density at radius 3 is 2.63 bits per heavy atom. The molecule has 0 radical (unpaired) electrons. The van der Waals surface area contributed by atoms with Crippen LogP contribution in [0.5, 0.6) is 5.75 Å². The van der Waals surface area contributed by atoms with Gasteiger partial charge in [0, 0.05) is 55.7 Å². The lowest BCUT2D eigenvalue weighted by Gasteiger charge is -2.32. The summed E-state index contributed by atoms with van der Waals surface area (Å²) in [5.74, 6) is 1.10. The van der Waals surface area contributed by atoms with Crippen molar-refractivity contribution in [2.24, 2.45) is 0 Å². The summed E-state index contributed by atoms with van der Waals surface area (Å²) in [4.78, 5) is 22.4. The van der Waals surface area contributed by atoms with Gasteiger partial charge in [-0.2, -0.15) is 0 Å². The number of likely N-dealkylation sites (tertiary alicyclic amines) is 1. The van der Waals surface area contributed by atoms with E-state index in [1.54, 1.807) is 6.20 Å². The van der Waals surface area contributed by atoms with Gasteiger partial charge in [0.15, 0.2) is 5.65 Å². The van der Waals surface area contributed by atoms with Crippen molar-refractivity contribution in [3.63, 3.8) is 0 Å². The van der Waals surface area contributed by atoms with Crippen molar-refractivity contribution >= 4 is 16.9 Å². The van der Waals surface area contributed by atoms with E-state index in [1.807, 2.05) is 42.3 Å². The van der Waals surface area contributed by atoms with Crippen molar-refractivity contribution in [3.8, 4) is 16.9 Å². The van der Waals surface area contributed by atoms with Crippen molar-refractivity contribution in [2.45, 2.75) is 32.3 Å². The van der Waals surface area contributed by atoms with E-state index in [0.717, 1.165) is 53.8 Å². The van der Waals surface area contributed by atoms with Gasteiger partial charge in [-0.05, 0) is 35.9 Å². The Hall–Kier alpha value is -2.95. The maximum Gasteiger partial charge on any atom is 0.222 e. The van der Waals surface area contributed by atoms with Gasteiger partial charge in [0.1, 0.15) is 11.9 Å². The Labute approximate surface area is 159 Å². The maximum absolute atomic E-state index is 11.8. The molecule has 4 rings (SSSR count). The number of rotatable bonds is 4. The van der Waals surface area contributed by atoms with Crippen molar-refractivity contribution in [1.82, 2.24) is 14.9 Å². The molecule has 0 unspecified atom stereocenters. The van der Waals surface area contributed by atoms with Gasteiger partial charge >= 0.3 is 0 Å². The Morgan fingerprint density at radius 1 is 1.11 bits per heavy atom. The van der Waals surface area contributed by atoms with Gasteiger partial charge in [-0.15, -0.1) is 0 Å². The molecule has 2 aromatic heterocycles. The Morgan fingerprint density at radius 2 is 1.89 bits per heavy atom. The van der Waals surface area contributed by atoms with E-state index in [2.05, 4.69) is 28.2 Å². The molecule has 27 heavy (non-hydrogen) atoms. The number of nitrogens with zero attached hydrogens (tertiary/aromatic N) is 3. The van der Waals surface area contributed by atoms with Crippen LogP contribution in [0.25, 0.3) is 22.2 Å². The van der Waals surface area contributed by atoms with Crippen molar-refractivity contribution in [3.05, 3.63) is 54.9 Å². The Bertz CT molecular complexity index is 932. The fourth-order valence-corrected chi connectivity index (χ4v) is 3.49. The number of amides is 1. The highest BCUT2D eigenvalue weighted by atomic mass is 16.5. The van der Waals surface area contributed by atoms with Gasteiger partial charge in [0.25, 0.3) is 0 Å². The van der Waals surface area contributed by atoms with E-state index < -0.39 is 0 Å². The second kappa shape index (κ2) is 7.74.